The third-order valence-electron chi connectivity index (χ3n) is 7.86. The monoisotopic (exact) mass is 643 g/mol. The van der Waals surface area contributed by atoms with Crippen molar-refractivity contribution in [2.75, 3.05) is 7.05 Å². The van der Waals surface area contributed by atoms with E-state index in [0.717, 1.165) is 40.9 Å². The van der Waals surface area contributed by atoms with Crippen molar-refractivity contribution in [1.29, 1.82) is 0 Å². The van der Waals surface area contributed by atoms with Gasteiger partial charge in [-0.15, -0.1) is 0 Å². The standard InChI is InChI=1S/C31H32Br2FNO3/c1-30(2)12-22-27(24(36)14-30)26(28-23(35(22)5)13-31(3,4)15-25(28)37)18-10-19(32)29(20(33)11-18)38-16-17-8-6-7-9-21(17)34/h6-11,26H,12-16H2,1-5H3. The molecule has 0 radical (unpaired) electrons. The summed E-state index contributed by atoms with van der Waals surface area (Å²) in [5.74, 6) is -0.00919. The summed E-state index contributed by atoms with van der Waals surface area (Å²) in [7, 11) is 2.01. The molecule has 1 aliphatic heterocycles. The Kier molecular flexibility index (Phi) is 7.00. The van der Waals surface area contributed by atoms with E-state index < -0.39 is 5.92 Å². The van der Waals surface area contributed by atoms with Crippen molar-refractivity contribution in [2.45, 2.75) is 65.9 Å². The normalized spacial score (nSPS) is 21.0. The lowest BCUT2D eigenvalue weighted by atomic mass is 9.64. The molecule has 5 rings (SSSR count). The third-order valence-corrected chi connectivity index (χ3v) is 9.04. The number of ketones is 2. The van der Waals surface area contributed by atoms with E-state index in [1.165, 1.54) is 6.07 Å². The maximum absolute atomic E-state index is 14.1. The van der Waals surface area contributed by atoms with Crippen molar-refractivity contribution in [1.82, 2.24) is 4.90 Å². The molecule has 0 spiro atoms. The van der Waals surface area contributed by atoms with E-state index >= 15 is 0 Å². The summed E-state index contributed by atoms with van der Waals surface area (Å²) < 4.78 is 21.5. The largest absolute Gasteiger partial charge is 0.486 e. The highest BCUT2D eigenvalue weighted by Crippen LogP contribution is 2.54. The SMILES string of the molecule is CN1C2=C(C(=O)CC(C)(C)C2)C(c2cc(Br)c(OCc3ccccc3F)c(Br)c2)C2=C1CC(C)(C)CC2=O. The molecule has 0 saturated carbocycles. The highest BCUT2D eigenvalue weighted by Gasteiger charge is 2.48. The van der Waals surface area contributed by atoms with Crippen molar-refractivity contribution >= 4 is 43.4 Å². The van der Waals surface area contributed by atoms with Crippen LogP contribution in [-0.4, -0.2) is 23.5 Å². The molecule has 0 N–H and O–H groups in total. The summed E-state index contributed by atoms with van der Waals surface area (Å²) in [5, 5.41) is 0. The Hall–Kier alpha value is -2.25. The van der Waals surface area contributed by atoms with Crippen LogP contribution in [0.2, 0.25) is 0 Å². The minimum Gasteiger partial charge on any atom is -0.486 e. The van der Waals surface area contributed by atoms with E-state index in [2.05, 4.69) is 64.5 Å². The fourth-order valence-corrected chi connectivity index (χ4v) is 7.60. The number of hydrogen-bond acceptors (Lipinski definition) is 4. The van der Waals surface area contributed by atoms with Gasteiger partial charge in [-0.25, -0.2) is 4.39 Å². The Morgan fingerprint density at radius 3 is 1.89 bits per heavy atom. The topological polar surface area (TPSA) is 46.6 Å². The van der Waals surface area contributed by atoms with Crippen LogP contribution in [0, 0.1) is 16.6 Å². The molecule has 4 nitrogen and oxygen atoms in total. The Labute approximate surface area is 240 Å². The molecule has 2 aromatic carbocycles. The Morgan fingerprint density at radius 1 is 0.895 bits per heavy atom. The maximum atomic E-state index is 14.1. The van der Waals surface area contributed by atoms with Crippen LogP contribution in [0.5, 0.6) is 5.75 Å². The summed E-state index contributed by atoms with van der Waals surface area (Å²) in [5.41, 5.74) is 4.53. The van der Waals surface area contributed by atoms with Gasteiger partial charge >= 0.3 is 0 Å². The first kappa shape index (κ1) is 27.3. The molecule has 0 saturated heterocycles. The van der Waals surface area contributed by atoms with Crippen molar-refractivity contribution < 1.29 is 18.7 Å². The van der Waals surface area contributed by atoms with Crippen LogP contribution in [0.15, 0.2) is 67.9 Å². The zero-order chi connectivity index (χ0) is 27.6. The molecule has 1 heterocycles. The van der Waals surface area contributed by atoms with E-state index in [1.54, 1.807) is 18.2 Å². The highest BCUT2D eigenvalue weighted by atomic mass is 79.9. The van der Waals surface area contributed by atoms with Crippen LogP contribution in [-0.2, 0) is 16.2 Å². The molecule has 0 amide bonds. The van der Waals surface area contributed by atoms with Crippen LogP contribution in [0.1, 0.15) is 70.4 Å². The molecule has 2 aromatic rings. The minimum absolute atomic E-state index is 0.0726. The average molecular weight is 645 g/mol. The molecule has 38 heavy (non-hydrogen) atoms. The van der Waals surface area contributed by atoms with Crippen molar-refractivity contribution in [2.24, 2.45) is 10.8 Å². The van der Waals surface area contributed by atoms with Gasteiger partial charge in [-0.1, -0.05) is 45.9 Å². The summed E-state index contributed by atoms with van der Waals surface area (Å²) in [6.45, 7) is 8.60. The van der Waals surface area contributed by atoms with Gasteiger partial charge < -0.3 is 9.64 Å². The second-order valence-corrected chi connectivity index (χ2v) is 14.0. The van der Waals surface area contributed by atoms with Gasteiger partial charge in [0.15, 0.2) is 11.6 Å². The molecule has 0 fully saturated rings. The Morgan fingerprint density at radius 2 is 1.39 bits per heavy atom. The van der Waals surface area contributed by atoms with Crippen molar-refractivity contribution in [3.05, 3.63) is 84.8 Å². The predicted octanol–water partition coefficient (Wildman–Crippen LogP) is 8.25. The van der Waals surface area contributed by atoms with Crippen LogP contribution < -0.4 is 4.74 Å². The number of allylic oxidation sites excluding steroid dienone is 4. The number of benzene rings is 2. The second-order valence-electron chi connectivity index (χ2n) is 12.3. The number of ether oxygens (including phenoxy) is 1. The molecule has 0 aromatic heterocycles. The van der Waals surface area contributed by atoms with E-state index in [4.69, 9.17) is 4.74 Å². The van der Waals surface area contributed by atoms with Crippen LogP contribution in [0.4, 0.5) is 4.39 Å². The number of nitrogens with zero attached hydrogens (tertiary/aromatic N) is 1. The van der Waals surface area contributed by atoms with E-state index in [9.17, 15) is 14.0 Å². The van der Waals surface area contributed by atoms with Gasteiger partial charge in [-0.2, -0.15) is 0 Å². The van der Waals surface area contributed by atoms with Gasteiger partial charge in [-0.3, -0.25) is 9.59 Å². The molecule has 0 unspecified atom stereocenters. The predicted molar refractivity (Wildman–Crippen MR) is 153 cm³/mol. The zero-order valence-corrected chi connectivity index (χ0v) is 25.6. The van der Waals surface area contributed by atoms with Gasteiger partial charge in [0.25, 0.3) is 0 Å². The van der Waals surface area contributed by atoms with Crippen LogP contribution in [0.3, 0.4) is 0 Å². The molecule has 200 valence electrons. The van der Waals surface area contributed by atoms with Crippen molar-refractivity contribution in [3.63, 3.8) is 0 Å². The van der Waals surface area contributed by atoms with E-state index in [-0.39, 0.29) is 34.8 Å². The number of carbonyl (C=O) groups is 2. The molecule has 2 aliphatic carbocycles. The number of Topliss-reactive ketones (excluding diaryl/α,β-unsaturated/α-hetero) is 2. The molecular formula is C31H32Br2FNO3. The summed E-state index contributed by atoms with van der Waals surface area (Å²) in [6.07, 6.45) is 2.45. The molecular weight excluding hydrogens is 613 g/mol. The van der Waals surface area contributed by atoms with Crippen molar-refractivity contribution in [3.8, 4) is 5.75 Å². The van der Waals surface area contributed by atoms with Crippen LogP contribution in [0.25, 0.3) is 0 Å². The first-order valence-electron chi connectivity index (χ1n) is 12.9. The van der Waals surface area contributed by atoms with E-state index in [0.29, 0.717) is 33.1 Å². The average Bonchev–Trinajstić information content (AvgIpc) is 2.79. The second kappa shape index (κ2) is 9.74. The number of halogens is 3. The smallest absolute Gasteiger partial charge is 0.162 e. The van der Waals surface area contributed by atoms with Gasteiger partial charge in [-0.05, 0) is 79.3 Å². The maximum Gasteiger partial charge on any atom is 0.162 e. The van der Waals surface area contributed by atoms with Gasteiger partial charge in [0, 0.05) is 53.9 Å². The fourth-order valence-electron chi connectivity index (χ4n) is 6.15. The first-order chi connectivity index (χ1) is 17.8. The minimum atomic E-state index is -0.434. The van der Waals surface area contributed by atoms with Crippen LogP contribution >= 0.6 is 31.9 Å². The van der Waals surface area contributed by atoms with Gasteiger partial charge in [0.2, 0.25) is 0 Å². The lowest BCUT2D eigenvalue weighted by Gasteiger charge is -2.48. The molecule has 7 heteroatoms. The summed E-state index contributed by atoms with van der Waals surface area (Å²) in [6, 6.07) is 10.4. The lowest BCUT2D eigenvalue weighted by Crippen LogP contribution is -2.43. The van der Waals surface area contributed by atoms with Gasteiger partial charge in [0.1, 0.15) is 18.2 Å². The lowest BCUT2D eigenvalue weighted by molar-refractivity contribution is -0.119. The number of rotatable bonds is 4. The summed E-state index contributed by atoms with van der Waals surface area (Å²) >= 11 is 7.30. The number of hydrogen-bond donors (Lipinski definition) is 0. The third kappa shape index (κ3) is 4.92. The Bertz CT molecular complexity index is 1340. The van der Waals surface area contributed by atoms with E-state index in [1.807, 2.05) is 19.2 Å². The summed E-state index contributed by atoms with van der Waals surface area (Å²) in [4.78, 5) is 29.5. The zero-order valence-electron chi connectivity index (χ0n) is 22.4. The molecule has 0 atom stereocenters. The molecule has 3 aliphatic rings. The van der Waals surface area contributed by atoms with Gasteiger partial charge in [0.05, 0.1) is 8.95 Å². The quantitative estimate of drug-likeness (QED) is 0.336. The highest BCUT2D eigenvalue weighted by molar-refractivity contribution is 9.11. The fraction of sp³-hybridized carbons (Fsp3) is 0.419. The Balaban J connectivity index is 1.61. The number of carbonyl (C=O) groups excluding carboxylic acids is 2. The first-order valence-corrected chi connectivity index (χ1v) is 14.5. The molecule has 0 bridgehead atoms.